The molecule has 3 unspecified atom stereocenters. The molecule has 1 amide bonds. The van der Waals surface area contributed by atoms with Crippen LogP contribution in [0.1, 0.15) is 253 Å². The highest BCUT2D eigenvalue weighted by atomic mass is 16.6. The van der Waals surface area contributed by atoms with Gasteiger partial charge in [-0.05, 0) is 25.7 Å². The van der Waals surface area contributed by atoms with Crippen LogP contribution >= 0.6 is 0 Å². The fraction of sp³-hybridized carbons (Fsp3) is 0.875. The smallest absolute Gasteiger partial charge is 0.303 e. The van der Waals surface area contributed by atoms with Crippen LogP contribution in [0, 0.1) is 0 Å². The highest BCUT2D eigenvalue weighted by Gasteiger charge is 2.32. The number of carbonyl (C=O) groups is 4. The maximum Gasteiger partial charge on any atom is 0.303 e. The molecule has 0 fully saturated rings. The van der Waals surface area contributed by atoms with Crippen molar-refractivity contribution in [2.45, 2.75) is 271 Å². The van der Waals surface area contributed by atoms with E-state index in [4.69, 9.17) is 14.2 Å². The van der Waals surface area contributed by atoms with Gasteiger partial charge in [0, 0.05) is 20.8 Å². The monoisotopic (exact) mass is 792 g/mol. The van der Waals surface area contributed by atoms with Crippen molar-refractivity contribution < 1.29 is 33.4 Å². The van der Waals surface area contributed by atoms with E-state index in [0.29, 0.717) is 12.8 Å². The molecule has 0 spiro atoms. The lowest BCUT2D eigenvalue weighted by Gasteiger charge is -2.29. The van der Waals surface area contributed by atoms with E-state index >= 15 is 0 Å². The van der Waals surface area contributed by atoms with E-state index in [1.807, 2.05) is 0 Å². The van der Waals surface area contributed by atoms with Crippen LogP contribution in [0.4, 0.5) is 0 Å². The van der Waals surface area contributed by atoms with E-state index in [1.54, 1.807) is 0 Å². The zero-order valence-corrected chi connectivity index (χ0v) is 37.3. The molecule has 0 aliphatic heterocycles. The molecule has 8 nitrogen and oxygen atoms in total. The lowest BCUT2D eigenvalue weighted by atomic mass is 10.0. The van der Waals surface area contributed by atoms with Crippen molar-refractivity contribution in [3.05, 3.63) is 12.3 Å². The Morgan fingerprint density at radius 2 is 0.696 bits per heavy atom. The Kier molecular flexibility index (Phi) is 37.8. The molecular weight excluding hydrogens is 703 g/mol. The van der Waals surface area contributed by atoms with Crippen LogP contribution in [0.3, 0.4) is 0 Å². The summed E-state index contributed by atoms with van der Waals surface area (Å²) in [5, 5.41) is 2.72. The number of unbranched alkanes of at least 4 members (excludes halogenated alkanes) is 30. The van der Waals surface area contributed by atoms with Gasteiger partial charge in [-0.2, -0.15) is 0 Å². The molecule has 0 aliphatic carbocycles. The molecule has 0 saturated carbocycles. The number of amides is 1. The number of rotatable bonds is 41. The molecule has 3 atom stereocenters. The molecule has 56 heavy (non-hydrogen) atoms. The highest BCUT2D eigenvalue weighted by molar-refractivity contribution is 5.84. The third-order valence-electron chi connectivity index (χ3n) is 10.8. The van der Waals surface area contributed by atoms with Crippen molar-refractivity contribution in [1.82, 2.24) is 5.32 Å². The maximum absolute atomic E-state index is 13.3. The van der Waals surface area contributed by atoms with E-state index in [2.05, 4.69) is 25.7 Å². The number of hydrogen-bond donors (Lipinski definition) is 1. The molecule has 0 radical (unpaired) electrons. The lowest BCUT2D eigenvalue weighted by Crippen LogP contribution is -2.44. The van der Waals surface area contributed by atoms with Gasteiger partial charge in [0.15, 0.2) is 12.2 Å². The first-order chi connectivity index (χ1) is 27.1. The number of ether oxygens (including phenoxy) is 3. The molecular formula is C48H89NO7. The van der Waals surface area contributed by atoms with Gasteiger partial charge < -0.3 is 19.5 Å². The molecule has 0 heterocycles. The van der Waals surface area contributed by atoms with Crippen LogP contribution in [-0.2, 0) is 33.4 Å². The number of hydrogen-bond acceptors (Lipinski definition) is 7. The Labute approximate surface area is 345 Å². The van der Waals surface area contributed by atoms with E-state index in [0.717, 1.165) is 38.5 Å². The minimum absolute atomic E-state index is 0.107. The normalized spacial score (nSPS) is 12.8. The highest BCUT2D eigenvalue weighted by Crippen LogP contribution is 2.21. The third kappa shape index (κ3) is 34.8. The number of nitrogens with one attached hydrogen (secondary N) is 1. The maximum atomic E-state index is 13.3. The Morgan fingerprint density at radius 1 is 0.411 bits per heavy atom. The molecule has 0 rings (SSSR count). The second-order valence-corrected chi connectivity index (χ2v) is 16.5. The summed E-state index contributed by atoms with van der Waals surface area (Å²) < 4.78 is 16.6. The van der Waals surface area contributed by atoms with Gasteiger partial charge in [0.25, 0.3) is 5.91 Å². The van der Waals surface area contributed by atoms with Crippen LogP contribution in [0.25, 0.3) is 0 Å². The van der Waals surface area contributed by atoms with Crippen molar-refractivity contribution in [2.75, 3.05) is 0 Å². The van der Waals surface area contributed by atoms with Crippen molar-refractivity contribution in [2.24, 2.45) is 0 Å². The molecule has 8 heteroatoms. The van der Waals surface area contributed by atoms with Gasteiger partial charge in [-0.25, -0.2) is 0 Å². The van der Waals surface area contributed by atoms with Gasteiger partial charge in [0.05, 0.1) is 5.70 Å². The summed E-state index contributed by atoms with van der Waals surface area (Å²) in [7, 11) is 0. The first-order valence-electron chi connectivity index (χ1n) is 23.6. The van der Waals surface area contributed by atoms with Crippen molar-refractivity contribution in [3.63, 3.8) is 0 Å². The van der Waals surface area contributed by atoms with E-state index in [-0.39, 0.29) is 5.70 Å². The van der Waals surface area contributed by atoms with E-state index in [9.17, 15) is 19.2 Å². The fourth-order valence-electron chi connectivity index (χ4n) is 7.56. The summed E-state index contributed by atoms with van der Waals surface area (Å²) in [4.78, 5) is 49.4. The molecule has 0 aromatic rings. The fourth-order valence-corrected chi connectivity index (χ4v) is 7.56. The largest absolute Gasteiger partial charge is 0.458 e. The zero-order chi connectivity index (χ0) is 41.5. The lowest BCUT2D eigenvalue weighted by molar-refractivity contribution is -0.163. The van der Waals surface area contributed by atoms with Crippen LogP contribution < -0.4 is 5.32 Å². The van der Waals surface area contributed by atoms with Crippen molar-refractivity contribution in [1.29, 1.82) is 0 Å². The summed E-state index contributed by atoms with van der Waals surface area (Å²) in [6, 6.07) is 0. The van der Waals surface area contributed by atoms with Gasteiger partial charge in [-0.3, -0.25) is 19.2 Å². The quantitative estimate of drug-likeness (QED) is 0.0373. The molecule has 0 aromatic heterocycles. The predicted molar refractivity (Wildman–Crippen MR) is 232 cm³/mol. The Balaban J connectivity index is 4.49. The first-order valence-corrected chi connectivity index (χ1v) is 23.6. The summed E-state index contributed by atoms with van der Waals surface area (Å²) in [5.74, 6) is -2.13. The van der Waals surface area contributed by atoms with Gasteiger partial charge in [-0.15, -0.1) is 0 Å². The second kappa shape index (κ2) is 39.4. The topological polar surface area (TPSA) is 108 Å². The van der Waals surface area contributed by atoms with Crippen molar-refractivity contribution >= 4 is 23.8 Å². The zero-order valence-electron chi connectivity index (χ0n) is 37.3. The number of esters is 3. The van der Waals surface area contributed by atoms with Gasteiger partial charge in [0.2, 0.25) is 0 Å². The standard InChI is InChI=1S/C48H89NO7/c1-7-9-11-13-15-17-19-21-22-23-24-25-26-27-28-30-32-34-36-38-40-46(55-43(5)51)48(53)49-41(3)47(56-44(6)52)45(54-42(4)50)39-37-35-33-31-29-20-18-16-14-12-10-8-2/h45-47H,3,7-40H2,1-2,4-6H3,(H,49,53). The Bertz CT molecular complexity index is 983. The number of carbonyl (C=O) groups excluding carboxylic acids is 4. The average Bonchev–Trinajstić information content (AvgIpc) is 3.15. The molecule has 0 bridgehead atoms. The second-order valence-electron chi connectivity index (χ2n) is 16.5. The average molecular weight is 792 g/mol. The SMILES string of the molecule is C=C(NC(=O)C(CCCCCCCCCCCCCCCCCCCCCC)OC(C)=O)C(OC(C)=O)C(CCCCCCCCCCCCCC)OC(C)=O. The van der Waals surface area contributed by atoms with Gasteiger partial charge >= 0.3 is 17.9 Å². The van der Waals surface area contributed by atoms with Gasteiger partial charge in [-0.1, -0.05) is 213 Å². The van der Waals surface area contributed by atoms with Crippen LogP contribution in [0.2, 0.25) is 0 Å². The minimum atomic E-state index is -1.05. The molecule has 328 valence electrons. The Hall–Kier alpha value is -2.38. The minimum Gasteiger partial charge on any atom is -0.458 e. The van der Waals surface area contributed by atoms with Crippen LogP contribution in [0.15, 0.2) is 12.3 Å². The third-order valence-corrected chi connectivity index (χ3v) is 10.8. The predicted octanol–water partition coefficient (Wildman–Crippen LogP) is 13.7. The Morgan fingerprint density at radius 3 is 1.00 bits per heavy atom. The molecule has 0 saturated heterocycles. The summed E-state index contributed by atoms with van der Waals surface area (Å²) in [5.41, 5.74) is 0.107. The summed E-state index contributed by atoms with van der Waals surface area (Å²) in [6.07, 6.45) is 38.3. The summed E-state index contributed by atoms with van der Waals surface area (Å²) in [6.45, 7) is 12.4. The molecule has 0 aliphatic rings. The van der Waals surface area contributed by atoms with Gasteiger partial charge in [0.1, 0.15) is 6.10 Å². The van der Waals surface area contributed by atoms with E-state index < -0.39 is 42.1 Å². The van der Waals surface area contributed by atoms with Crippen LogP contribution in [0.5, 0.6) is 0 Å². The van der Waals surface area contributed by atoms with E-state index in [1.165, 1.54) is 188 Å². The van der Waals surface area contributed by atoms with Crippen molar-refractivity contribution in [3.8, 4) is 0 Å². The van der Waals surface area contributed by atoms with Crippen LogP contribution in [-0.4, -0.2) is 42.1 Å². The molecule has 0 aromatic carbocycles. The molecule has 1 N–H and O–H groups in total. The summed E-state index contributed by atoms with van der Waals surface area (Å²) >= 11 is 0. The first kappa shape index (κ1) is 53.6.